The minimum atomic E-state index is 0.577. The number of hydrogen-bond donors (Lipinski definition) is 1. The van der Waals surface area contributed by atoms with Crippen LogP contribution in [0.2, 0.25) is 0 Å². The molecular formula is C9H15NO. The Balaban J connectivity index is 2.15. The van der Waals surface area contributed by atoms with Crippen LogP contribution in [0.5, 0.6) is 0 Å². The number of rotatable bonds is 2. The van der Waals surface area contributed by atoms with Gasteiger partial charge in [0, 0.05) is 19.3 Å². The molecule has 1 aliphatic rings. The zero-order valence-corrected chi connectivity index (χ0v) is 6.81. The molecule has 0 aromatic heterocycles. The van der Waals surface area contributed by atoms with Crippen LogP contribution in [-0.4, -0.2) is 25.8 Å². The smallest absolute Gasteiger partial charge is 0.0575 e. The van der Waals surface area contributed by atoms with E-state index in [1.165, 1.54) is 6.42 Å². The molecule has 1 heterocycles. The van der Waals surface area contributed by atoms with Crippen LogP contribution >= 0.6 is 0 Å². The second kappa shape index (κ2) is 5.17. The fourth-order valence-corrected chi connectivity index (χ4v) is 1.31. The minimum Gasteiger partial charge on any atom is -0.381 e. The SMILES string of the molecule is C#CCNC1CCCOCC1. The molecule has 0 saturated carbocycles. The van der Waals surface area contributed by atoms with Gasteiger partial charge in [-0.05, 0) is 19.3 Å². The standard InChI is InChI=1S/C9H15NO/c1-2-6-10-9-4-3-7-11-8-5-9/h1,9-10H,3-8H2. The van der Waals surface area contributed by atoms with E-state index in [9.17, 15) is 0 Å². The highest BCUT2D eigenvalue weighted by Crippen LogP contribution is 2.07. The van der Waals surface area contributed by atoms with Crippen LogP contribution in [0.25, 0.3) is 0 Å². The van der Waals surface area contributed by atoms with Gasteiger partial charge in [-0.15, -0.1) is 6.42 Å². The Morgan fingerprint density at radius 3 is 3.18 bits per heavy atom. The van der Waals surface area contributed by atoms with E-state index in [1.54, 1.807) is 0 Å². The molecule has 2 nitrogen and oxygen atoms in total. The van der Waals surface area contributed by atoms with Gasteiger partial charge in [-0.2, -0.15) is 0 Å². The summed E-state index contributed by atoms with van der Waals surface area (Å²) in [4.78, 5) is 0. The molecule has 0 aromatic rings. The van der Waals surface area contributed by atoms with Crippen LogP contribution in [0.3, 0.4) is 0 Å². The van der Waals surface area contributed by atoms with Crippen LogP contribution in [0, 0.1) is 12.3 Å². The van der Waals surface area contributed by atoms with Gasteiger partial charge in [-0.25, -0.2) is 0 Å². The highest BCUT2D eigenvalue weighted by atomic mass is 16.5. The van der Waals surface area contributed by atoms with E-state index in [2.05, 4.69) is 11.2 Å². The van der Waals surface area contributed by atoms with Crippen molar-refractivity contribution in [2.45, 2.75) is 25.3 Å². The van der Waals surface area contributed by atoms with Gasteiger partial charge >= 0.3 is 0 Å². The van der Waals surface area contributed by atoms with E-state index >= 15 is 0 Å². The molecule has 2 heteroatoms. The van der Waals surface area contributed by atoms with E-state index in [4.69, 9.17) is 11.2 Å². The highest BCUT2D eigenvalue weighted by Gasteiger charge is 2.09. The molecule has 1 rings (SSSR count). The Morgan fingerprint density at radius 1 is 1.45 bits per heavy atom. The lowest BCUT2D eigenvalue weighted by atomic mass is 10.1. The summed E-state index contributed by atoms with van der Waals surface area (Å²) in [6.45, 7) is 2.47. The predicted octanol–water partition coefficient (Wildman–Crippen LogP) is 0.778. The highest BCUT2D eigenvalue weighted by molar-refractivity contribution is 4.88. The molecule has 0 spiro atoms. The van der Waals surface area contributed by atoms with Gasteiger partial charge < -0.3 is 10.1 Å². The summed E-state index contributed by atoms with van der Waals surface area (Å²) in [6, 6.07) is 0.577. The quantitative estimate of drug-likeness (QED) is 0.592. The maximum atomic E-state index is 5.31. The van der Waals surface area contributed by atoms with E-state index < -0.39 is 0 Å². The Hall–Kier alpha value is -0.520. The van der Waals surface area contributed by atoms with Gasteiger partial charge in [0.1, 0.15) is 0 Å². The Bertz CT molecular complexity index is 131. The average molecular weight is 153 g/mol. The van der Waals surface area contributed by atoms with Crippen molar-refractivity contribution in [3.05, 3.63) is 0 Å². The first-order chi connectivity index (χ1) is 5.43. The van der Waals surface area contributed by atoms with Crippen molar-refractivity contribution in [3.8, 4) is 12.3 Å². The van der Waals surface area contributed by atoms with E-state index in [1.807, 2.05) is 0 Å². The van der Waals surface area contributed by atoms with Crippen molar-refractivity contribution in [2.75, 3.05) is 19.8 Å². The summed E-state index contributed by atoms with van der Waals surface area (Å²) in [5.74, 6) is 2.58. The molecule has 0 aliphatic carbocycles. The van der Waals surface area contributed by atoms with E-state index in [0.29, 0.717) is 12.6 Å². The first-order valence-electron chi connectivity index (χ1n) is 4.18. The van der Waals surface area contributed by atoms with Gasteiger partial charge in [0.15, 0.2) is 0 Å². The number of nitrogens with one attached hydrogen (secondary N) is 1. The summed E-state index contributed by atoms with van der Waals surface area (Å²) in [5.41, 5.74) is 0. The Kier molecular flexibility index (Phi) is 4.03. The summed E-state index contributed by atoms with van der Waals surface area (Å²) in [7, 11) is 0. The zero-order valence-electron chi connectivity index (χ0n) is 6.81. The van der Waals surface area contributed by atoms with Crippen molar-refractivity contribution < 1.29 is 4.74 Å². The van der Waals surface area contributed by atoms with Crippen molar-refractivity contribution >= 4 is 0 Å². The molecule has 1 N–H and O–H groups in total. The lowest BCUT2D eigenvalue weighted by Gasteiger charge is -2.12. The first kappa shape index (κ1) is 8.58. The molecule has 0 amide bonds. The fraction of sp³-hybridized carbons (Fsp3) is 0.778. The fourth-order valence-electron chi connectivity index (χ4n) is 1.31. The van der Waals surface area contributed by atoms with Crippen molar-refractivity contribution in [2.24, 2.45) is 0 Å². The van der Waals surface area contributed by atoms with Crippen molar-refractivity contribution in [1.29, 1.82) is 0 Å². The molecule has 0 aromatic carbocycles. The van der Waals surface area contributed by atoms with Gasteiger partial charge in [-0.3, -0.25) is 0 Å². The third kappa shape index (κ3) is 3.41. The summed E-state index contributed by atoms with van der Waals surface area (Å²) in [5, 5.41) is 3.30. The molecule has 62 valence electrons. The lowest BCUT2D eigenvalue weighted by Crippen LogP contribution is -2.29. The second-order valence-corrected chi connectivity index (χ2v) is 2.83. The molecule has 0 radical (unpaired) electrons. The summed E-state index contributed by atoms with van der Waals surface area (Å²) in [6.07, 6.45) is 8.59. The molecule has 1 atom stereocenters. The lowest BCUT2D eigenvalue weighted by molar-refractivity contribution is 0.143. The first-order valence-corrected chi connectivity index (χ1v) is 4.18. The number of hydrogen-bond acceptors (Lipinski definition) is 2. The van der Waals surface area contributed by atoms with E-state index in [0.717, 1.165) is 26.1 Å². The van der Waals surface area contributed by atoms with Gasteiger partial charge in [0.25, 0.3) is 0 Å². The summed E-state index contributed by atoms with van der Waals surface area (Å²) >= 11 is 0. The topological polar surface area (TPSA) is 21.3 Å². The molecule has 1 aliphatic heterocycles. The molecule has 0 bridgehead atoms. The molecule has 1 fully saturated rings. The summed E-state index contributed by atoms with van der Waals surface area (Å²) < 4.78 is 5.31. The Morgan fingerprint density at radius 2 is 2.36 bits per heavy atom. The molecule has 11 heavy (non-hydrogen) atoms. The molecular weight excluding hydrogens is 138 g/mol. The molecule has 1 saturated heterocycles. The number of ether oxygens (including phenoxy) is 1. The minimum absolute atomic E-state index is 0.577. The van der Waals surface area contributed by atoms with Crippen LogP contribution in [0.1, 0.15) is 19.3 Å². The van der Waals surface area contributed by atoms with Gasteiger partial charge in [0.2, 0.25) is 0 Å². The Labute approximate surface area is 68.3 Å². The largest absolute Gasteiger partial charge is 0.381 e. The second-order valence-electron chi connectivity index (χ2n) is 2.83. The molecule has 1 unspecified atom stereocenters. The van der Waals surface area contributed by atoms with Crippen LogP contribution < -0.4 is 5.32 Å². The van der Waals surface area contributed by atoms with Crippen LogP contribution in [0.4, 0.5) is 0 Å². The normalized spacial score (nSPS) is 25.5. The maximum Gasteiger partial charge on any atom is 0.0575 e. The van der Waals surface area contributed by atoms with Crippen molar-refractivity contribution in [3.63, 3.8) is 0 Å². The zero-order chi connectivity index (χ0) is 7.94. The monoisotopic (exact) mass is 153 g/mol. The third-order valence-corrected chi connectivity index (χ3v) is 1.94. The van der Waals surface area contributed by atoms with E-state index in [-0.39, 0.29) is 0 Å². The number of terminal acetylenes is 1. The van der Waals surface area contributed by atoms with Crippen LogP contribution in [0.15, 0.2) is 0 Å². The average Bonchev–Trinajstić information content (AvgIpc) is 2.28. The van der Waals surface area contributed by atoms with Crippen LogP contribution in [-0.2, 0) is 4.74 Å². The van der Waals surface area contributed by atoms with Gasteiger partial charge in [-0.1, -0.05) is 5.92 Å². The predicted molar refractivity (Wildman–Crippen MR) is 45.3 cm³/mol. The maximum absolute atomic E-state index is 5.31. The third-order valence-electron chi connectivity index (χ3n) is 1.94. The van der Waals surface area contributed by atoms with Gasteiger partial charge in [0.05, 0.1) is 6.54 Å². The van der Waals surface area contributed by atoms with Crippen molar-refractivity contribution in [1.82, 2.24) is 5.32 Å².